The standard InChI is InChI=1S/C31H36O12/c1-15(32)39-22-25(3)14-29-26(4,17(25)11-19(33)37-6)28-9-8-24(2,21(35)16-7-10-38-13-16)18-12-20(34)40-23(30(22,29)36)31(18,28)43-27(5,41-28)42-29/h7,10,13,17-18,22-23,36H,8-9,11-12,14H2,1-6H3. The summed E-state index contributed by atoms with van der Waals surface area (Å²) in [6.45, 7) is 8.50. The van der Waals surface area contributed by atoms with Crippen LogP contribution in [-0.2, 0) is 42.8 Å². The van der Waals surface area contributed by atoms with Crippen molar-refractivity contribution in [2.45, 2.75) is 107 Å². The summed E-state index contributed by atoms with van der Waals surface area (Å²) in [5, 5.41) is 13.3. The van der Waals surface area contributed by atoms with Crippen molar-refractivity contribution < 1.29 is 57.1 Å². The Balaban J connectivity index is 1.44. The van der Waals surface area contributed by atoms with Crippen molar-refractivity contribution in [2.75, 3.05) is 7.11 Å². The van der Waals surface area contributed by atoms with Crippen LogP contribution in [0.15, 0.2) is 23.0 Å². The molecule has 232 valence electrons. The minimum Gasteiger partial charge on any atom is -0.472 e. The normalized spacial score (nSPS) is 54.6. The van der Waals surface area contributed by atoms with Gasteiger partial charge in [0, 0.05) is 42.4 Å². The first-order chi connectivity index (χ1) is 20.1. The molecule has 1 aromatic heterocycles. The summed E-state index contributed by atoms with van der Waals surface area (Å²) in [6.07, 6.45) is 0.673. The van der Waals surface area contributed by atoms with E-state index in [1.807, 2.05) is 20.8 Å². The molecule has 4 heterocycles. The number of methoxy groups -OCH3 is 1. The molecule has 43 heavy (non-hydrogen) atoms. The highest BCUT2D eigenvalue weighted by Gasteiger charge is 3.04. The van der Waals surface area contributed by atoms with Crippen molar-refractivity contribution in [1.29, 1.82) is 0 Å². The SMILES string of the molecule is COC(=O)CC1C2(C)CC34OC5(C)OC67C(CC(=O)OC6C3(O)C2OC(C)=O)C(C)(C(=O)c2ccoc2)CCC7(O5)C14C. The molecule has 4 bridgehead atoms. The molecule has 7 aliphatic rings. The van der Waals surface area contributed by atoms with E-state index in [1.54, 1.807) is 13.0 Å². The van der Waals surface area contributed by atoms with Crippen LogP contribution in [0.2, 0.25) is 0 Å². The van der Waals surface area contributed by atoms with Crippen LogP contribution in [0, 0.1) is 28.1 Å². The number of hydrogen-bond acceptors (Lipinski definition) is 12. The van der Waals surface area contributed by atoms with E-state index in [2.05, 4.69) is 0 Å². The number of fused-ring (bicyclic) bond motifs is 3. The second kappa shape index (κ2) is 7.52. The Morgan fingerprint density at radius 1 is 1.07 bits per heavy atom. The molecule has 3 saturated heterocycles. The number of hydrogen-bond donors (Lipinski definition) is 1. The number of ether oxygens (including phenoxy) is 6. The van der Waals surface area contributed by atoms with Gasteiger partial charge in [-0.15, -0.1) is 0 Å². The van der Waals surface area contributed by atoms with Crippen LogP contribution in [0.25, 0.3) is 0 Å². The molecule has 4 aliphatic carbocycles. The summed E-state index contributed by atoms with van der Waals surface area (Å²) in [7, 11) is 1.31. The zero-order valence-corrected chi connectivity index (χ0v) is 25.0. The largest absolute Gasteiger partial charge is 0.472 e. The van der Waals surface area contributed by atoms with Crippen molar-refractivity contribution in [1.82, 2.24) is 0 Å². The van der Waals surface area contributed by atoms with Gasteiger partial charge < -0.3 is 37.9 Å². The van der Waals surface area contributed by atoms with Gasteiger partial charge in [0.15, 0.2) is 17.5 Å². The minimum atomic E-state index is -2.11. The molecule has 1 aromatic rings. The van der Waals surface area contributed by atoms with Crippen molar-refractivity contribution in [2.24, 2.45) is 28.1 Å². The van der Waals surface area contributed by atoms with E-state index in [4.69, 9.17) is 32.8 Å². The predicted molar refractivity (Wildman–Crippen MR) is 140 cm³/mol. The second-order valence-corrected chi connectivity index (χ2v) is 14.5. The molecule has 12 unspecified atom stereocenters. The smallest absolute Gasteiger partial charge is 0.306 e. The fourth-order valence-electron chi connectivity index (χ4n) is 11.9. The third-order valence-electron chi connectivity index (χ3n) is 13.0. The lowest BCUT2D eigenvalue weighted by Crippen LogP contribution is -2.94. The van der Waals surface area contributed by atoms with Crippen LogP contribution >= 0.6 is 0 Å². The van der Waals surface area contributed by atoms with Gasteiger partial charge in [-0.1, -0.05) is 20.8 Å². The molecular weight excluding hydrogens is 564 g/mol. The van der Waals surface area contributed by atoms with Crippen LogP contribution in [0.5, 0.6) is 0 Å². The van der Waals surface area contributed by atoms with Gasteiger partial charge >= 0.3 is 17.9 Å². The number of rotatable bonds is 5. The maximum atomic E-state index is 14.3. The molecule has 8 rings (SSSR count). The van der Waals surface area contributed by atoms with E-state index in [0.717, 1.165) is 0 Å². The lowest BCUT2D eigenvalue weighted by molar-refractivity contribution is -0.478. The van der Waals surface area contributed by atoms with Gasteiger partial charge in [0.25, 0.3) is 5.97 Å². The average Bonchev–Trinajstić information content (AvgIpc) is 3.63. The monoisotopic (exact) mass is 600 g/mol. The Kier molecular flexibility index (Phi) is 4.85. The van der Waals surface area contributed by atoms with Crippen LogP contribution < -0.4 is 0 Å². The van der Waals surface area contributed by atoms with Gasteiger partial charge in [-0.25, -0.2) is 0 Å². The topological polar surface area (TPSA) is 157 Å². The number of furan rings is 1. The quantitative estimate of drug-likeness (QED) is 0.300. The van der Waals surface area contributed by atoms with E-state index in [1.165, 1.54) is 26.6 Å². The summed E-state index contributed by atoms with van der Waals surface area (Å²) in [6, 6.07) is 1.58. The molecule has 12 nitrogen and oxygen atoms in total. The number of aliphatic hydroxyl groups is 1. The molecule has 0 aromatic carbocycles. The Morgan fingerprint density at radius 3 is 2.44 bits per heavy atom. The maximum absolute atomic E-state index is 14.3. The van der Waals surface area contributed by atoms with Gasteiger partial charge in [0.2, 0.25) is 0 Å². The zero-order chi connectivity index (χ0) is 30.8. The van der Waals surface area contributed by atoms with Gasteiger partial charge in [0.05, 0.1) is 25.4 Å². The van der Waals surface area contributed by atoms with Crippen LogP contribution in [0.3, 0.4) is 0 Å². The molecule has 1 N–H and O–H groups in total. The van der Waals surface area contributed by atoms with E-state index in [9.17, 15) is 24.3 Å². The summed E-state index contributed by atoms with van der Waals surface area (Å²) in [4.78, 5) is 53.6. The fourth-order valence-corrected chi connectivity index (χ4v) is 11.9. The zero-order valence-electron chi connectivity index (χ0n) is 25.0. The van der Waals surface area contributed by atoms with Crippen LogP contribution in [-0.4, -0.2) is 76.5 Å². The highest BCUT2D eigenvalue weighted by Crippen LogP contribution is 2.89. The van der Waals surface area contributed by atoms with E-state index in [-0.39, 0.29) is 31.5 Å². The van der Waals surface area contributed by atoms with Crippen molar-refractivity contribution >= 4 is 23.7 Å². The average molecular weight is 601 g/mol. The number of ketones is 1. The first-order valence-corrected chi connectivity index (χ1v) is 14.9. The highest BCUT2D eigenvalue weighted by atomic mass is 16.9. The fraction of sp³-hybridized carbons (Fsp3) is 0.742. The Labute approximate surface area is 247 Å². The van der Waals surface area contributed by atoms with E-state index < -0.39 is 86.6 Å². The number of Topliss-reactive ketones (excluding diaryl/α,β-unsaturated/α-hetero) is 1. The van der Waals surface area contributed by atoms with E-state index in [0.29, 0.717) is 12.0 Å². The van der Waals surface area contributed by atoms with Crippen LogP contribution in [0.1, 0.15) is 77.1 Å². The molecular formula is C31H36O12. The summed E-state index contributed by atoms with van der Waals surface area (Å²) in [5.41, 5.74) is -9.46. The third kappa shape index (κ3) is 2.50. The lowest BCUT2D eigenvalue weighted by atomic mass is 9.33. The molecule has 12 heteroatoms. The molecule has 3 spiro atoms. The first-order valence-electron chi connectivity index (χ1n) is 14.9. The Hall–Kier alpha value is -2.80. The lowest BCUT2D eigenvalue weighted by Gasteiger charge is -2.77. The molecule has 0 radical (unpaired) electrons. The summed E-state index contributed by atoms with van der Waals surface area (Å²) < 4.78 is 43.2. The number of esters is 3. The van der Waals surface area contributed by atoms with Gasteiger partial charge in [-0.3, -0.25) is 19.2 Å². The van der Waals surface area contributed by atoms with E-state index >= 15 is 0 Å². The van der Waals surface area contributed by atoms with Crippen molar-refractivity contribution in [3.8, 4) is 0 Å². The Bertz CT molecular complexity index is 1510. The van der Waals surface area contributed by atoms with Crippen molar-refractivity contribution in [3.05, 3.63) is 24.2 Å². The third-order valence-corrected chi connectivity index (χ3v) is 13.0. The highest BCUT2D eigenvalue weighted by molar-refractivity contribution is 6.01. The van der Waals surface area contributed by atoms with Gasteiger partial charge in [-0.2, -0.15) is 0 Å². The summed E-state index contributed by atoms with van der Waals surface area (Å²) >= 11 is 0. The maximum Gasteiger partial charge on any atom is 0.306 e. The number of carbonyl (C=O) groups excluding carboxylic acids is 4. The first kappa shape index (κ1) is 27.7. The molecule has 12 atom stereocenters. The summed E-state index contributed by atoms with van der Waals surface area (Å²) in [5.74, 6) is -5.08. The predicted octanol–water partition coefficient (Wildman–Crippen LogP) is 2.45. The molecule has 3 aliphatic heterocycles. The Morgan fingerprint density at radius 2 is 1.79 bits per heavy atom. The van der Waals surface area contributed by atoms with Crippen LogP contribution in [0.4, 0.5) is 0 Å². The second-order valence-electron chi connectivity index (χ2n) is 14.5. The minimum absolute atomic E-state index is 0.0688. The van der Waals surface area contributed by atoms with Gasteiger partial charge in [-0.05, 0) is 31.2 Å². The number of carbonyl (C=O) groups is 4. The molecule has 7 fully saturated rings. The van der Waals surface area contributed by atoms with Crippen molar-refractivity contribution in [3.63, 3.8) is 0 Å². The molecule has 4 saturated carbocycles. The van der Waals surface area contributed by atoms with Gasteiger partial charge in [0.1, 0.15) is 29.2 Å². The molecule has 0 amide bonds.